The molecule has 6 nitrogen and oxygen atoms in total. The molecule has 0 aromatic heterocycles. The van der Waals surface area contributed by atoms with Crippen molar-refractivity contribution < 1.29 is 32.3 Å². The number of nitrogens with two attached hydrogens (primary N) is 1. The zero-order valence-corrected chi connectivity index (χ0v) is 9.57. The molecule has 0 saturated heterocycles. The summed E-state index contributed by atoms with van der Waals surface area (Å²) in [4.78, 5) is 26.4. The van der Waals surface area contributed by atoms with Crippen LogP contribution in [0.5, 0.6) is 0 Å². The molecule has 0 bridgehead atoms. The summed E-state index contributed by atoms with van der Waals surface area (Å²) in [5.41, 5.74) is 4.65. The standard InChI is InChI=1S/C9H13F3N2O4/c1-3-4-17-14(5-9(10,11)12)7(15)6(2)18-8(13)16/h3,6H,1,4-5H2,2H3,(H2,13,16). The predicted molar refractivity (Wildman–Crippen MR) is 54.0 cm³/mol. The maximum Gasteiger partial charge on any atom is 0.408 e. The highest BCUT2D eigenvalue weighted by atomic mass is 19.4. The molecule has 18 heavy (non-hydrogen) atoms. The molecule has 0 aliphatic rings. The molecule has 0 fully saturated rings. The van der Waals surface area contributed by atoms with E-state index in [1.165, 1.54) is 0 Å². The SMILES string of the molecule is C=CCON(CC(F)(F)F)C(=O)C(C)OC(N)=O. The molecule has 2 N–H and O–H groups in total. The number of hydroxylamine groups is 2. The van der Waals surface area contributed by atoms with Crippen molar-refractivity contribution in [3.05, 3.63) is 12.7 Å². The highest BCUT2D eigenvalue weighted by Crippen LogP contribution is 2.17. The summed E-state index contributed by atoms with van der Waals surface area (Å²) in [6.45, 7) is 2.38. The molecule has 1 atom stereocenters. The molecule has 104 valence electrons. The first-order chi connectivity index (χ1) is 8.17. The molecule has 0 rings (SSSR count). The number of nitrogens with zero attached hydrogens (tertiary/aromatic N) is 1. The molecule has 0 saturated carbocycles. The van der Waals surface area contributed by atoms with Crippen molar-refractivity contribution in [3.63, 3.8) is 0 Å². The minimum atomic E-state index is -4.65. The summed E-state index contributed by atoms with van der Waals surface area (Å²) < 4.78 is 40.8. The maximum atomic E-state index is 12.2. The van der Waals surface area contributed by atoms with E-state index in [2.05, 4.69) is 21.9 Å². The highest BCUT2D eigenvalue weighted by molar-refractivity contribution is 5.82. The molecular weight excluding hydrogens is 257 g/mol. The zero-order valence-electron chi connectivity index (χ0n) is 9.57. The van der Waals surface area contributed by atoms with Crippen molar-refractivity contribution in [2.24, 2.45) is 5.73 Å². The van der Waals surface area contributed by atoms with Crippen LogP contribution in [0.25, 0.3) is 0 Å². The molecular formula is C9H13F3N2O4. The van der Waals surface area contributed by atoms with Crippen molar-refractivity contribution in [1.82, 2.24) is 5.06 Å². The van der Waals surface area contributed by atoms with Crippen LogP contribution in [0.3, 0.4) is 0 Å². The Morgan fingerprint density at radius 2 is 2.06 bits per heavy atom. The second-order valence-electron chi connectivity index (χ2n) is 3.15. The lowest BCUT2D eigenvalue weighted by molar-refractivity contribution is -0.233. The van der Waals surface area contributed by atoms with Gasteiger partial charge >= 0.3 is 12.3 Å². The number of primary amides is 1. The smallest absolute Gasteiger partial charge is 0.408 e. The van der Waals surface area contributed by atoms with Gasteiger partial charge in [-0.05, 0) is 6.92 Å². The minimum Gasteiger partial charge on any atom is -0.436 e. The van der Waals surface area contributed by atoms with Crippen LogP contribution in [-0.4, -0.2) is 42.5 Å². The van der Waals surface area contributed by atoms with E-state index in [-0.39, 0.29) is 11.7 Å². The Morgan fingerprint density at radius 3 is 2.44 bits per heavy atom. The van der Waals surface area contributed by atoms with Crippen LogP contribution < -0.4 is 5.73 Å². The van der Waals surface area contributed by atoms with Gasteiger partial charge in [0.2, 0.25) is 0 Å². The van der Waals surface area contributed by atoms with Gasteiger partial charge in [0.15, 0.2) is 6.10 Å². The Hall–Kier alpha value is -1.77. The van der Waals surface area contributed by atoms with E-state index in [9.17, 15) is 22.8 Å². The van der Waals surface area contributed by atoms with Crippen LogP contribution in [0.4, 0.5) is 18.0 Å². The monoisotopic (exact) mass is 270 g/mol. The second-order valence-corrected chi connectivity index (χ2v) is 3.15. The first-order valence-electron chi connectivity index (χ1n) is 4.75. The van der Waals surface area contributed by atoms with Crippen molar-refractivity contribution in [1.29, 1.82) is 0 Å². The molecule has 9 heteroatoms. The van der Waals surface area contributed by atoms with Gasteiger partial charge in [0.1, 0.15) is 6.54 Å². The van der Waals surface area contributed by atoms with Gasteiger partial charge in [0.25, 0.3) is 5.91 Å². The normalized spacial score (nSPS) is 12.7. The third kappa shape index (κ3) is 6.74. The fourth-order valence-electron chi connectivity index (χ4n) is 0.920. The summed E-state index contributed by atoms with van der Waals surface area (Å²) in [5.74, 6) is -1.17. The maximum absolute atomic E-state index is 12.2. The van der Waals surface area contributed by atoms with Crippen molar-refractivity contribution in [3.8, 4) is 0 Å². The first-order valence-corrected chi connectivity index (χ1v) is 4.75. The Labute approximate surface area is 101 Å². The van der Waals surface area contributed by atoms with Crippen LogP contribution in [0.15, 0.2) is 12.7 Å². The topological polar surface area (TPSA) is 81.9 Å². The van der Waals surface area contributed by atoms with Gasteiger partial charge in [-0.15, -0.1) is 6.58 Å². The molecule has 2 amide bonds. The van der Waals surface area contributed by atoms with Gasteiger partial charge in [0.05, 0.1) is 6.61 Å². The molecule has 0 aliphatic carbocycles. The number of hydrogen-bond acceptors (Lipinski definition) is 4. The van der Waals surface area contributed by atoms with Crippen LogP contribution in [0.2, 0.25) is 0 Å². The fourth-order valence-corrected chi connectivity index (χ4v) is 0.920. The summed E-state index contributed by atoms with van der Waals surface area (Å²) in [6.07, 6.45) is -6.24. The van der Waals surface area contributed by atoms with Crippen molar-refractivity contribution in [2.45, 2.75) is 19.2 Å². The molecule has 0 heterocycles. The summed E-state index contributed by atoms with van der Waals surface area (Å²) in [5, 5.41) is 0.0509. The van der Waals surface area contributed by atoms with Crippen LogP contribution in [0, 0.1) is 0 Å². The average molecular weight is 270 g/mol. The minimum absolute atomic E-state index is 0.0509. The Kier molecular flexibility index (Phi) is 6.17. The average Bonchev–Trinajstić information content (AvgIpc) is 2.20. The number of rotatable bonds is 6. The van der Waals surface area contributed by atoms with Gasteiger partial charge in [-0.2, -0.15) is 13.2 Å². The van der Waals surface area contributed by atoms with E-state index in [0.717, 1.165) is 13.0 Å². The van der Waals surface area contributed by atoms with Gasteiger partial charge < -0.3 is 10.5 Å². The first kappa shape index (κ1) is 16.2. The van der Waals surface area contributed by atoms with E-state index >= 15 is 0 Å². The highest BCUT2D eigenvalue weighted by Gasteiger charge is 2.36. The molecule has 0 aromatic carbocycles. The molecule has 0 spiro atoms. The van der Waals surface area contributed by atoms with Gasteiger partial charge in [-0.25, -0.2) is 9.86 Å². The van der Waals surface area contributed by atoms with E-state index < -0.39 is 30.8 Å². The van der Waals surface area contributed by atoms with Gasteiger partial charge in [-0.3, -0.25) is 9.63 Å². The van der Waals surface area contributed by atoms with Crippen LogP contribution >= 0.6 is 0 Å². The molecule has 0 aliphatic heterocycles. The largest absolute Gasteiger partial charge is 0.436 e. The van der Waals surface area contributed by atoms with Crippen molar-refractivity contribution in [2.75, 3.05) is 13.2 Å². The van der Waals surface area contributed by atoms with E-state index in [0.29, 0.717) is 0 Å². The van der Waals surface area contributed by atoms with Crippen LogP contribution in [-0.2, 0) is 14.4 Å². The Bertz CT molecular complexity index is 319. The van der Waals surface area contributed by atoms with Gasteiger partial charge in [-0.1, -0.05) is 6.08 Å². The van der Waals surface area contributed by atoms with Gasteiger partial charge in [0, 0.05) is 0 Å². The van der Waals surface area contributed by atoms with Crippen molar-refractivity contribution >= 4 is 12.0 Å². The van der Waals surface area contributed by atoms with E-state index in [1.807, 2.05) is 0 Å². The number of alkyl halides is 3. The Balaban J connectivity index is 4.67. The molecule has 0 aromatic rings. The molecule has 0 radical (unpaired) electrons. The zero-order chi connectivity index (χ0) is 14.3. The number of carbonyl (C=O) groups excluding carboxylic acids is 2. The quantitative estimate of drug-likeness (QED) is 0.576. The summed E-state index contributed by atoms with van der Waals surface area (Å²) in [7, 11) is 0. The third-order valence-corrected chi connectivity index (χ3v) is 1.56. The summed E-state index contributed by atoms with van der Waals surface area (Å²) >= 11 is 0. The predicted octanol–water partition coefficient (Wildman–Crippen LogP) is 0.979. The summed E-state index contributed by atoms with van der Waals surface area (Å²) in [6, 6.07) is 0. The lowest BCUT2D eigenvalue weighted by atomic mass is 10.3. The lowest BCUT2D eigenvalue weighted by Gasteiger charge is -2.24. The number of amides is 2. The fraction of sp³-hybridized carbons (Fsp3) is 0.556. The number of halogens is 3. The second kappa shape index (κ2) is 6.84. The van der Waals surface area contributed by atoms with E-state index in [4.69, 9.17) is 0 Å². The Morgan fingerprint density at radius 1 is 1.50 bits per heavy atom. The number of ether oxygens (including phenoxy) is 1. The number of carbonyl (C=O) groups is 2. The third-order valence-electron chi connectivity index (χ3n) is 1.56. The number of hydrogen-bond donors (Lipinski definition) is 1. The van der Waals surface area contributed by atoms with Crippen LogP contribution in [0.1, 0.15) is 6.92 Å². The van der Waals surface area contributed by atoms with E-state index in [1.54, 1.807) is 0 Å². The lowest BCUT2D eigenvalue weighted by Crippen LogP contribution is -2.45. The molecule has 1 unspecified atom stereocenters.